The first-order valence-electron chi connectivity index (χ1n) is 12.0. The van der Waals surface area contributed by atoms with Crippen LogP contribution in [0.1, 0.15) is 44.2 Å². The predicted octanol–water partition coefficient (Wildman–Crippen LogP) is 3.81. The van der Waals surface area contributed by atoms with Gasteiger partial charge in [-0.25, -0.2) is 13.2 Å². The lowest BCUT2D eigenvalue weighted by atomic mass is 10.1. The van der Waals surface area contributed by atoms with Crippen LogP contribution in [0.2, 0.25) is 0 Å². The Morgan fingerprint density at radius 1 is 0.943 bits per heavy atom. The molecule has 0 radical (unpaired) electrons. The van der Waals surface area contributed by atoms with Crippen LogP contribution in [0.3, 0.4) is 0 Å². The van der Waals surface area contributed by atoms with Crippen LogP contribution in [0.15, 0.2) is 59.5 Å². The number of carbonyl (C=O) groups excluding carboxylic acids is 1. The SMILES string of the molecule is Cc1ccc(S(=O)(=O)N(CC(C)C)[C@@H](CCCCNC(=O)NCCc2ccccc2)C(=O)O)cc1. The summed E-state index contributed by atoms with van der Waals surface area (Å²) in [6.45, 7) is 6.57. The van der Waals surface area contributed by atoms with Gasteiger partial charge < -0.3 is 15.7 Å². The van der Waals surface area contributed by atoms with Gasteiger partial charge in [0.2, 0.25) is 10.0 Å². The van der Waals surface area contributed by atoms with Gasteiger partial charge in [-0.1, -0.05) is 61.9 Å². The molecule has 3 N–H and O–H groups in total. The summed E-state index contributed by atoms with van der Waals surface area (Å²) in [5.74, 6) is -1.22. The van der Waals surface area contributed by atoms with E-state index in [4.69, 9.17) is 0 Å². The maximum Gasteiger partial charge on any atom is 0.322 e. The summed E-state index contributed by atoms with van der Waals surface area (Å²) in [6, 6.07) is 14.8. The summed E-state index contributed by atoms with van der Waals surface area (Å²) in [7, 11) is -3.97. The van der Waals surface area contributed by atoms with Gasteiger partial charge >= 0.3 is 12.0 Å². The fraction of sp³-hybridized carbons (Fsp3) is 0.462. The number of rotatable bonds is 14. The Bertz CT molecular complexity index is 1040. The average molecular weight is 504 g/mol. The summed E-state index contributed by atoms with van der Waals surface area (Å²) in [5.41, 5.74) is 2.06. The molecule has 0 aromatic heterocycles. The first-order chi connectivity index (χ1) is 16.6. The van der Waals surface area contributed by atoms with Crippen LogP contribution >= 0.6 is 0 Å². The normalized spacial score (nSPS) is 12.5. The molecule has 0 aliphatic carbocycles. The van der Waals surface area contributed by atoms with Crippen LogP contribution in [0.25, 0.3) is 0 Å². The number of carbonyl (C=O) groups is 2. The second-order valence-electron chi connectivity index (χ2n) is 9.05. The van der Waals surface area contributed by atoms with E-state index in [2.05, 4.69) is 10.6 Å². The van der Waals surface area contributed by atoms with Gasteiger partial charge in [0.05, 0.1) is 4.90 Å². The van der Waals surface area contributed by atoms with Crippen molar-refractivity contribution in [3.8, 4) is 0 Å². The van der Waals surface area contributed by atoms with Gasteiger partial charge in [0.25, 0.3) is 0 Å². The summed E-state index contributed by atoms with van der Waals surface area (Å²) >= 11 is 0. The molecule has 0 spiro atoms. The first kappa shape index (κ1) is 28.3. The third kappa shape index (κ3) is 9.33. The van der Waals surface area contributed by atoms with E-state index < -0.39 is 22.0 Å². The Morgan fingerprint density at radius 3 is 2.17 bits per heavy atom. The van der Waals surface area contributed by atoms with E-state index >= 15 is 0 Å². The minimum atomic E-state index is -3.97. The number of carboxylic acid groups (broad SMARTS) is 1. The molecule has 2 amide bonds. The minimum absolute atomic E-state index is 0.0432. The number of nitrogens with zero attached hydrogens (tertiary/aromatic N) is 1. The van der Waals surface area contributed by atoms with Crippen molar-refractivity contribution >= 4 is 22.0 Å². The van der Waals surface area contributed by atoms with Crippen molar-refractivity contribution in [1.29, 1.82) is 0 Å². The number of hydrogen-bond donors (Lipinski definition) is 3. The van der Waals surface area contributed by atoms with Crippen molar-refractivity contribution in [3.63, 3.8) is 0 Å². The Kier molecular flexibility index (Phi) is 11.2. The molecule has 0 fully saturated rings. The van der Waals surface area contributed by atoms with Gasteiger partial charge in [-0.05, 0) is 56.2 Å². The molecule has 0 unspecified atom stereocenters. The predicted molar refractivity (Wildman–Crippen MR) is 137 cm³/mol. The van der Waals surface area contributed by atoms with Crippen LogP contribution in [-0.4, -0.2) is 55.5 Å². The molecule has 9 heteroatoms. The van der Waals surface area contributed by atoms with Gasteiger partial charge in [-0.2, -0.15) is 4.31 Å². The molecular weight excluding hydrogens is 466 g/mol. The molecule has 0 aliphatic heterocycles. The number of benzene rings is 2. The number of aliphatic carboxylic acids is 1. The highest BCUT2D eigenvalue weighted by Gasteiger charge is 2.35. The Morgan fingerprint density at radius 2 is 1.57 bits per heavy atom. The number of carboxylic acids is 1. The van der Waals surface area contributed by atoms with Gasteiger partial charge in [-0.3, -0.25) is 4.79 Å². The second kappa shape index (κ2) is 13.8. The number of nitrogens with one attached hydrogen (secondary N) is 2. The maximum atomic E-state index is 13.3. The number of urea groups is 1. The van der Waals surface area contributed by atoms with E-state index in [1.54, 1.807) is 12.1 Å². The van der Waals surface area contributed by atoms with Gasteiger partial charge in [-0.15, -0.1) is 0 Å². The van der Waals surface area contributed by atoms with Gasteiger partial charge in [0.15, 0.2) is 0 Å². The maximum absolute atomic E-state index is 13.3. The van der Waals surface area contributed by atoms with Gasteiger partial charge in [0.1, 0.15) is 6.04 Å². The number of hydrogen-bond acceptors (Lipinski definition) is 4. The highest BCUT2D eigenvalue weighted by molar-refractivity contribution is 7.89. The van der Waals surface area contributed by atoms with Crippen LogP contribution in [0.5, 0.6) is 0 Å². The zero-order chi connectivity index (χ0) is 25.8. The monoisotopic (exact) mass is 503 g/mol. The third-order valence-corrected chi connectivity index (χ3v) is 7.43. The molecule has 8 nitrogen and oxygen atoms in total. The Balaban J connectivity index is 1.88. The zero-order valence-electron chi connectivity index (χ0n) is 20.7. The fourth-order valence-electron chi connectivity index (χ4n) is 3.68. The fourth-order valence-corrected chi connectivity index (χ4v) is 5.46. The Labute approximate surface area is 208 Å². The lowest BCUT2D eigenvalue weighted by molar-refractivity contribution is -0.141. The summed E-state index contributed by atoms with van der Waals surface area (Å²) in [4.78, 5) is 24.1. The lowest BCUT2D eigenvalue weighted by Crippen LogP contribution is -2.46. The van der Waals surface area contributed by atoms with Crippen molar-refractivity contribution in [2.24, 2.45) is 5.92 Å². The molecule has 0 heterocycles. The van der Waals surface area contributed by atoms with Gasteiger partial charge in [0, 0.05) is 19.6 Å². The molecule has 35 heavy (non-hydrogen) atoms. The molecule has 2 aromatic rings. The molecule has 2 aromatic carbocycles. The minimum Gasteiger partial charge on any atom is -0.480 e. The largest absolute Gasteiger partial charge is 0.480 e. The summed E-state index contributed by atoms with van der Waals surface area (Å²) in [6.07, 6.45) is 1.88. The van der Waals surface area contributed by atoms with Crippen LogP contribution in [0.4, 0.5) is 4.79 Å². The molecule has 1 atom stereocenters. The topological polar surface area (TPSA) is 116 Å². The van der Waals surface area contributed by atoms with Crippen LogP contribution < -0.4 is 10.6 Å². The van der Waals surface area contributed by atoms with E-state index in [0.29, 0.717) is 25.9 Å². The molecule has 0 saturated heterocycles. The zero-order valence-corrected chi connectivity index (χ0v) is 21.6. The number of aryl methyl sites for hydroxylation is 1. The molecule has 0 saturated carbocycles. The quantitative estimate of drug-likeness (QED) is 0.339. The number of amides is 2. The molecule has 192 valence electrons. The summed E-state index contributed by atoms with van der Waals surface area (Å²) < 4.78 is 27.7. The highest BCUT2D eigenvalue weighted by Crippen LogP contribution is 2.23. The van der Waals surface area contributed by atoms with Crippen molar-refractivity contribution in [2.75, 3.05) is 19.6 Å². The van der Waals surface area contributed by atoms with E-state index in [9.17, 15) is 23.1 Å². The standard InChI is InChI=1S/C26H37N3O5S/c1-20(2)19-29(35(33,34)23-14-12-21(3)13-15-23)24(25(30)31)11-7-8-17-27-26(32)28-18-16-22-9-5-4-6-10-22/h4-6,9-10,12-15,20,24H,7-8,11,16-19H2,1-3H3,(H,30,31)(H2,27,28,32)/t24-/m0/s1. The van der Waals surface area contributed by atoms with Crippen molar-refractivity contribution in [3.05, 3.63) is 65.7 Å². The lowest BCUT2D eigenvalue weighted by Gasteiger charge is -2.29. The molecule has 0 aliphatic rings. The van der Waals surface area contributed by atoms with Crippen molar-refractivity contribution in [2.45, 2.75) is 57.4 Å². The second-order valence-corrected chi connectivity index (χ2v) is 10.9. The van der Waals surface area contributed by atoms with Crippen LogP contribution in [0, 0.1) is 12.8 Å². The van der Waals surface area contributed by atoms with Crippen LogP contribution in [-0.2, 0) is 21.2 Å². The van der Waals surface area contributed by atoms with E-state index in [0.717, 1.165) is 21.9 Å². The van der Waals surface area contributed by atoms with Crippen molar-refractivity contribution in [1.82, 2.24) is 14.9 Å². The Hall–Kier alpha value is -2.91. The number of sulfonamides is 1. The average Bonchev–Trinajstić information content (AvgIpc) is 2.81. The van der Waals surface area contributed by atoms with E-state index in [1.165, 1.54) is 12.1 Å². The molecule has 0 bridgehead atoms. The van der Waals surface area contributed by atoms with Crippen molar-refractivity contribution < 1.29 is 23.1 Å². The van der Waals surface area contributed by atoms with E-state index in [1.807, 2.05) is 51.1 Å². The van der Waals surface area contributed by atoms with E-state index in [-0.39, 0.29) is 29.8 Å². The highest BCUT2D eigenvalue weighted by atomic mass is 32.2. The molecule has 2 rings (SSSR count). The summed E-state index contributed by atoms with van der Waals surface area (Å²) in [5, 5.41) is 15.4. The smallest absolute Gasteiger partial charge is 0.322 e. The first-order valence-corrected chi connectivity index (χ1v) is 13.4. The molecular formula is C26H37N3O5S. The number of unbranched alkanes of at least 4 members (excludes halogenated alkanes) is 1. The third-order valence-electron chi connectivity index (χ3n) is 5.54.